The van der Waals surface area contributed by atoms with E-state index in [1.54, 1.807) is 0 Å². The quantitative estimate of drug-likeness (QED) is 0.795. The van der Waals surface area contributed by atoms with Crippen molar-refractivity contribution in [3.05, 3.63) is 58.4 Å². The molecule has 28 heavy (non-hydrogen) atoms. The van der Waals surface area contributed by atoms with Crippen LogP contribution in [0.2, 0.25) is 0 Å². The first-order valence-corrected chi connectivity index (χ1v) is 10.5. The number of dihydropyridines is 1. The van der Waals surface area contributed by atoms with Gasteiger partial charge in [0.2, 0.25) is 0 Å². The van der Waals surface area contributed by atoms with E-state index in [9.17, 15) is 9.59 Å². The third-order valence-corrected chi connectivity index (χ3v) is 6.40. The molecule has 148 valence electrons. The zero-order valence-electron chi connectivity index (χ0n) is 17.5. The van der Waals surface area contributed by atoms with Gasteiger partial charge in [-0.05, 0) is 42.1 Å². The van der Waals surface area contributed by atoms with Crippen LogP contribution in [0.3, 0.4) is 0 Å². The van der Waals surface area contributed by atoms with Crippen molar-refractivity contribution in [2.24, 2.45) is 16.7 Å². The van der Waals surface area contributed by atoms with Crippen molar-refractivity contribution >= 4 is 11.6 Å². The van der Waals surface area contributed by atoms with E-state index >= 15 is 0 Å². The van der Waals surface area contributed by atoms with Gasteiger partial charge in [-0.25, -0.2) is 0 Å². The lowest BCUT2D eigenvalue weighted by Gasteiger charge is -2.43. The van der Waals surface area contributed by atoms with Crippen molar-refractivity contribution in [3.8, 4) is 0 Å². The van der Waals surface area contributed by atoms with Gasteiger partial charge in [0, 0.05) is 41.3 Å². The molecule has 0 atom stereocenters. The minimum absolute atomic E-state index is 0.0286. The SMILES string of the molecule is CC1(C)CC(=O)C2=C(C1)NC1=C(C(=O)CC(C)(C)C1)C2CCc1ccccc1. The Morgan fingerprint density at radius 1 is 0.821 bits per heavy atom. The first-order chi connectivity index (χ1) is 13.2. The second-order valence-electron chi connectivity index (χ2n) is 10.4. The number of hydrogen-bond acceptors (Lipinski definition) is 3. The summed E-state index contributed by atoms with van der Waals surface area (Å²) in [5.74, 6) is 0.389. The summed E-state index contributed by atoms with van der Waals surface area (Å²) in [7, 11) is 0. The average Bonchev–Trinajstić information content (AvgIpc) is 2.57. The van der Waals surface area contributed by atoms with Crippen molar-refractivity contribution < 1.29 is 9.59 Å². The van der Waals surface area contributed by atoms with Gasteiger partial charge >= 0.3 is 0 Å². The zero-order chi connectivity index (χ0) is 20.1. The summed E-state index contributed by atoms with van der Waals surface area (Å²) in [6, 6.07) is 10.4. The normalized spacial score (nSPS) is 24.0. The van der Waals surface area contributed by atoms with E-state index in [0.29, 0.717) is 12.8 Å². The Morgan fingerprint density at radius 3 is 1.82 bits per heavy atom. The standard InChI is InChI=1S/C25H31NO2/c1-24(2)12-18-22(20(27)14-24)17(11-10-16-8-6-5-7-9-16)23-19(26-18)13-25(3,4)15-21(23)28/h5-9,17,26H,10-15H2,1-4H3. The van der Waals surface area contributed by atoms with E-state index < -0.39 is 0 Å². The van der Waals surface area contributed by atoms with Gasteiger partial charge in [-0.15, -0.1) is 0 Å². The Labute approximate surface area is 168 Å². The first-order valence-electron chi connectivity index (χ1n) is 10.5. The lowest BCUT2D eigenvalue weighted by Crippen LogP contribution is -2.43. The monoisotopic (exact) mass is 377 g/mol. The lowest BCUT2D eigenvalue weighted by molar-refractivity contribution is -0.119. The number of carbonyl (C=O) groups is 2. The molecule has 0 radical (unpaired) electrons. The highest BCUT2D eigenvalue weighted by atomic mass is 16.1. The van der Waals surface area contributed by atoms with Crippen LogP contribution in [0.4, 0.5) is 0 Å². The molecule has 3 heteroatoms. The predicted molar refractivity (Wildman–Crippen MR) is 111 cm³/mol. The Morgan fingerprint density at radius 2 is 1.32 bits per heavy atom. The molecule has 3 nitrogen and oxygen atoms in total. The maximum absolute atomic E-state index is 13.1. The highest BCUT2D eigenvalue weighted by molar-refractivity contribution is 6.05. The molecule has 4 rings (SSSR count). The molecule has 0 aromatic heterocycles. The number of aryl methyl sites for hydroxylation is 1. The van der Waals surface area contributed by atoms with Gasteiger partial charge < -0.3 is 5.32 Å². The Hall–Kier alpha value is -2.16. The summed E-state index contributed by atoms with van der Waals surface area (Å²) in [6.45, 7) is 8.65. The summed E-state index contributed by atoms with van der Waals surface area (Å²) in [4.78, 5) is 26.3. The van der Waals surface area contributed by atoms with E-state index in [-0.39, 0.29) is 28.3 Å². The van der Waals surface area contributed by atoms with Crippen LogP contribution in [0.1, 0.15) is 65.4 Å². The molecule has 1 heterocycles. The van der Waals surface area contributed by atoms with E-state index in [1.807, 2.05) is 6.07 Å². The molecule has 0 bridgehead atoms. The number of hydrogen-bond donors (Lipinski definition) is 1. The molecule has 1 N–H and O–H groups in total. The van der Waals surface area contributed by atoms with Crippen LogP contribution in [-0.4, -0.2) is 11.6 Å². The van der Waals surface area contributed by atoms with E-state index in [4.69, 9.17) is 0 Å². The summed E-state index contributed by atoms with van der Waals surface area (Å²) < 4.78 is 0. The molecule has 3 aliphatic rings. The fourth-order valence-corrected chi connectivity index (χ4v) is 5.27. The van der Waals surface area contributed by atoms with Gasteiger partial charge in [0.15, 0.2) is 11.6 Å². The summed E-state index contributed by atoms with van der Waals surface area (Å²) in [6.07, 6.45) is 4.59. The Bertz CT molecular complexity index is 834. The topological polar surface area (TPSA) is 46.2 Å². The number of nitrogens with one attached hydrogen (secondary N) is 1. The van der Waals surface area contributed by atoms with Crippen LogP contribution in [-0.2, 0) is 16.0 Å². The van der Waals surface area contributed by atoms with Crippen molar-refractivity contribution in [2.45, 2.75) is 66.2 Å². The van der Waals surface area contributed by atoms with E-state index in [1.165, 1.54) is 5.56 Å². The first kappa shape index (κ1) is 19.2. The maximum atomic E-state index is 13.1. The Balaban J connectivity index is 1.73. The van der Waals surface area contributed by atoms with Gasteiger partial charge in [-0.1, -0.05) is 58.0 Å². The Kier molecular flexibility index (Phi) is 4.60. The van der Waals surface area contributed by atoms with Crippen LogP contribution >= 0.6 is 0 Å². The molecule has 0 unspecified atom stereocenters. The molecule has 1 aromatic rings. The fourth-order valence-electron chi connectivity index (χ4n) is 5.27. The average molecular weight is 378 g/mol. The third kappa shape index (κ3) is 3.59. The fraction of sp³-hybridized carbons (Fsp3) is 0.520. The number of benzene rings is 1. The molecule has 0 saturated heterocycles. The minimum atomic E-state index is -0.0568. The summed E-state index contributed by atoms with van der Waals surface area (Å²) in [5, 5.41) is 3.58. The second kappa shape index (κ2) is 6.72. The van der Waals surface area contributed by atoms with Crippen molar-refractivity contribution in [1.29, 1.82) is 0 Å². The molecule has 0 saturated carbocycles. The second-order valence-corrected chi connectivity index (χ2v) is 10.4. The lowest BCUT2D eigenvalue weighted by atomic mass is 9.64. The highest BCUT2D eigenvalue weighted by Gasteiger charge is 2.45. The van der Waals surface area contributed by atoms with E-state index in [2.05, 4.69) is 57.3 Å². The predicted octanol–water partition coefficient (Wildman–Crippen LogP) is 5.13. The smallest absolute Gasteiger partial charge is 0.161 e. The number of allylic oxidation sites excluding steroid dienone is 4. The summed E-state index contributed by atoms with van der Waals surface area (Å²) >= 11 is 0. The number of rotatable bonds is 3. The molecule has 0 fully saturated rings. The van der Waals surface area contributed by atoms with Gasteiger partial charge in [-0.3, -0.25) is 9.59 Å². The molecule has 2 aliphatic carbocycles. The van der Waals surface area contributed by atoms with Gasteiger partial charge in [0.25, 0.3) is 0 Å². The number of carbonyl (C=O) groups excluding carboxylic acids is 2. The van der Waals surface area contributed by atoms with Crippen molar-refractivity contribution in [3.63, 3.8) is 0 Å². The van der Waals surface area contributed by atoms with E-state index in [0.717, 1.165) is 48.2 Å². The largest absolute Gasteiger partial charge is 0.362 e. The number of ketones is 2. The zero-order valence-corrected chi connectivity index (χ0v) is 17.5. The van der Waals surface area contributed by atoms with Crippen LogP contribution in [0, 0.1) is 16.7 Å². The third-order valence-electron chi connectivity index (χ3n) is 6.40. The van der Waals surface area contributed by atoms with Crippen molar-refractivity contribution in [2.75, 3.05) is 0 Å². The van der Waals surface area contributed by atoms with Crippen LogP contribution < -0.4 is 5.32 Å². The minimum Gasteiger partial charge on any atom is -0.362 e. The van der Waals surface area contributed by atoms with Gasteiger partial charge in [-0.2, -0.15) is 0 Å². The van der Waals surface area contributed by atoms with Gasteiger partial charge in [0.1, 0.15) is 0 Å². The summed E-state index contributed by atoms with van der Waals surface area (Å²) in [5.41, 5.74) is 5.13. The highest BCUT2D eigenvalue weighted by Crippen LogP contribution is 2.48. The van der Waals surface area contributed by atoms with Crippen LogP contribution in [0.5, 0.6) is 0 Å². The number of Topliss-reactive ketones (excluding diaryl/α,β-unsaturated/α-hetero) is 2. The maximum Gasteiger partial charge on any atom is 0.161 e. The van der Waals surface area contributed by atoms with Gasteiger partial charge in [0.05, 0.1) is 0 Å². The molecule has 1 aliphatic heterocycles. The van der Waals surface area contributed by atoms with Crippen molar-refractivity contribution in [1.82, 2.24) is 5.32 Å². The van der Waals surface area contributed by atoms with Crippen LogP contribution in [0.25, 0.3) is 0 Å². The molecular formula is C25H31NO2. The van der Waals surface area contributed by atoms with Crippen LogP contribution in [0.15, 0.2) is 52.9 Å². The molecular weight excluding hydrogens is 346 g/mol. The molecule has 1 aromatic carbocycles. The molecule has 0 spiro atoms. The molecule has 0 amide bonds.